The molecule has 0 spiro atoms. The van der Waals surface area contributed by atoms with Gasteiger partial charge in [-0.2, -0.15) is 4.31 Å². The van der Waals surface area contributed by atoms with Crippen molar-refractivity contribution < 1.29 is 27.5 Å². The molecule has 0 fully saturated rings. The summed E-state index contributed by atoms with van der Waals surface area (Å²) < 4.78 is 31.3. The highest BCUT2D eigenvalue weighted by Gasteiger charge is 2.22. The molecule has 0 aliphatic rings. The molecule has 0 aromatic heterocycles. The van der Waals surface area contributed by atoms with Gasteiger partial charge in [0.15, 0.2) is 6.10 Å². The lowest BCUT2D eigenvalue weighted by atomic mass is 10.1. The van der Waals surface area contributed by atoms with Gasteiger partial charge in [0.05, 0.1) is 4.90 Å². The normalized spacial score (nSPS) is 13.1. The minimum Gasteiger partial charge on any atom is -0.449 e. The maximum atomic E-state index is 12.5. The summed E-state index contributed by atoms with van der Waals surface area (Å²) in [6, 6.07) is 5.36. The van der Waals surface area contributed by atoms with Crippen LogP contribution in [0.15, 0.2) is 35.2 Å². The second kappa shape index (κ2) is 11.1. The quantitative estimate of drug-likeness (QED) is 0.460. The number of carbonyl (C=O) groups is 3. The number of sulfonamides is 1. The Balaban J connectivity index is 2.69. The lowest BCUT2D eigenvalue weighted by molar-refractivity contribution is -0.149. The van der Waals surface area contributed by atoms with E-state index in [9.17, 15) is 22.8 Å². The third-order valence-corrected chi connectivity index (χ3v) is 6.09. The fourth-order valence-electron chi connectivity index (χ4n) is 2.48. The standard InChI is InChI=1S/C21H31N3O6S/c1-7-24(8-2)31(28,29)17-12-9-16(10-13-17)11-14-18(25)30-15(3)19(26)22-20(27)23-21(4,5)6/h9-15H,7-8H2,1-6H3,(H2,22,23,26,27)/b14-11+. The zero-order chi connectivity index (χ0) is 23.8. The highest BCUT2D eigenvalue weighted by molar-refractivity contribution is 7.89. The van der Waals surface area contributed by atoms with Crippen LogP contribution in [0.3, 0.4) is 0 Å². The van der Waals surface area contributed by atoms with Gasteiger partial charge >= 0.3 is 12.0 Å². The summed E-state index contributed by atoms with van der Waals surface area (Å²) in [4.78, 5) is 35.8. The van der Waals surface area contributed by atoms with Crippen molar-refractivity contribution in [3.63, 3.8) is 0 Å². The van der Waals surface area contributed by atoms with E-state index in [1.54, 1.807) is 46.8 Å². The Bertz CT molecular complexity index is 913. The molecule has 2 N–H and O–H groups in total. The van der Waals surface area contributed by atoms with E-state index in [-0.39, 0.29) is 4.90 Å². The van der Waals surface area contributed by atoms with Crippen LogP contribution in [0, 0.1) is 0 Å². The SMILES string of the molecule is CCN(CC)S(=O)(=O)c1ccc(/C=C/C(=O)OC(C)C(=O)NC(=O)NC(C)(C)C)cc1. The molecule has 0 aliphatic heterocycles. The van der Waals surface area contributed by atoms with Crippen LogP contribution in [-0.4, -0.2) is 55.4 Å². The third kappa shape index (κ3) is 8.50. The summed E-state index contributed by atoms with van der Waals surface area (Å²) >= 11 is 0. The van der Waals surface area contributed by atoms with Crippen molar-refractivity contribution in [3.05, 3.63) is 35.9 Å². The number of rotatable bonds is 8. The van der Waals surface area contributed by atoms with Crippen LogP contribution in [0.2, 0.25) is 0 Å². The molecule has 10 heteroatoms. The van der Waals surface area contributed by atoms with E-state index < -0.39 is 39.6 Å². The van der Waals surface area contributed by atoms with Gasteiger partial charge in [0.25, 0.3) is 5.91 Å². The molecule has 0 heterocycles. The monoisotopic (exact) mass is 453 g/mol. The molecule has 0 aliphatic carbocycles. The van der Waals surface area contributed by atoms with Crippen LogP contribution in [0.5, 0.6) is 0 Å². The van der Waals surface area contributed by atoms with Gasteiger partial charge in [-0.25, -0.2) is 18.0 Å². The van der Waals surface area contributed by atoms with Crippen LogP contribution in [0.25, 0.3) is 6.08 Å². The lowest BCUT2D eigenvalue weighted by Crippen LogP contribution is -2.50. The van der Waals surface area contributed by atoms with Gasteiger partial charge in [0.2, 0.25) is 10.0 Å². The molecular weight excluding hydrogens is 422 g/mol. The van der Waals surface area contributed by atoms with E-state index in [0.29, 0.717) is 18.7 Å². The Hall–Kier alpha value is -2.72. The van der Waals surface area contributed by atoms with Gasteiger partial charge in [0.1, 0.15) is 0 Å². The molecular formula is C21H31N3O6S. The zero-order valence-electron chi connectivity index (χ0n) is 18.8. The smallest absolute Gasteiger partial charge is 0.331 e. The molecule has 0 radical (unpaired) electrons. The first-order valence-electron chi connectivity index (χ1n) is 9.92. The number of benzene rings is 1. The van der Waals surface area contributed by atoms with Crippen molar-refractivity contribution in [1.29, 1.82) is 0 Å². The Labute approximate surface area is 183 Å². The molecule has 1 aromatic rings. The van der Waals surface area contributed by atoms with E-state index in [1.165, 1.54) is 29.4 Å². The number of imide groups is 1. The number of nitrogens with one attached hydrogen (secondary N) is 2. The number of hydrogen-bond acceptors (Lipinski definition) is 6. The second-order valence-corrected chi connectivity index (χ2v) is 9.70. The number of ether oxygens (including phenoxy) is 1. The van der Waals surface area contributed by atoms with E-state index in [2.05, 4.69) is 10.6 Å². The average Bonchev–Trinajstić information content (AvgIpc) is 2.65. The Morgan fingerprint density at radius 1 is 1.10 bits per heavy atom. The van der Waals surface area contributed by atoms with Gasteiger partial charge in [-0.05, 0) is 51.5 Å². The van der Waals surface area contributed by atoms with Crippen LogP contribution in [0.1, 0.15) is 47.1 Å². The second-order valence-electron chi connectivity index (χ2n) is 7.76. The number of esters is 1. The highest BCUT2D eigenvalue weighted by Crippen LogP contribution is 2.16. The molecule has 1 aromatic carbocycles. The first-order valence-corrected chi connectivity index (χ1v) is 11.4. The fraction of sp³-hybridized carbons (Fsp3) is 0.476. The Kier molecular flexibility index (Phi) is 9.39. The minimum absolute atomic E-state index is 0.162. The summed E-state index contributed by atoms with van der Waals surface area (Å²) in [5, 5.41) is 4.67. The third-order valence-electron chi connectivity index (χ3n) is 4.02. The molecule has 1 atom stereocenters. The van der Waals surface area contributed by atoms with E-state index in [1.807, 2.05) is 0 Å². The number of carbonyl (C=O) groups excluding carboxylic acids is 3. The fourth-order valence-corrected chi connectivity index (χ4v) is 3.94. The molecule has 172 valence electrons. The van der Waals surface area contributed by atoms with Crippen LogP contribution >= 0.6 is 0 Å². The van der Waals surface area contributed by atoms with Crippen molar-refractivity contribution in [1.82, 2.24) is 14.9 Å². The van der Waals surface area contributed by atoms with Gasteiger partial charge in [-0.15, -0.1) is 0 Å². The summed E-state index contributed by atoms with van der Waals surface area (Å²) in [6.07, 6.45) is 1.38. The molecule has 1 rings (SSSR count). The predicted octanol–water partition coefficient (Wildman–Crippen LogP) is 2.29. The highest BCUT2D eigenvalue weighted by atomic mass is 32.2. The number of nitrogens with zero attached hydrogens (tertiary/aromatic N) is 1. The molecule has 9 nitrogen and oxygen atoms in total. The molecule has 0 saturated carbocycles. The molecule has 0 saturated heterocycles. The molecule has 31 heavy (non-hydrogen) atoms. The van der Waals surface area contributed by atoms with Crippen molar-refractivity contribution >= 4 is 34.0 Å². The molecule has 1 unspecified atom stereocenters. The number of amides is 3. The van der Waals surface area contributed by atoms with Crippen LogP contribution < -0.4 is 10.6 Å². The average molecular weight is 454 g/mol. The maximum Gasteiger partial charge on any atom is 0.331 e. The van der Waals surface area contributed by atoms with Gasteiger partial charge in [-0.1, -0.05) is 26.0 Å². The van der Waals surface area contributed by atoms with E-state index in [4.69, 9.17) is 4.74 Å². The van der Waals surface area contributed by atoms with Crippen molar-refractivity contribution in [3.8, 4) is 0 Å². The molecule has 3 amide bonds. The van der Waals surface area contributed by atoms with Crippen molar-refractivity contribution in [2.24, 2.45) is 0 Å². The summed E-state index contributed by atoms with van der Waals surface area (Å²) in [5.74, 6) is -1.53. The van der Waals surface area contributed by atoms with Gasteiger partial charge in [0, 0.05) is 24.7 Å². The summed E-state index contributed by atoms with van der Waals surface area (Å²) in [5.41, 5.74) is 0.0601. The predicted molar refractivity (Wildman–Crippen MR) is 118 cm³/mol. The Morgan fingerprint density at radius 3 is 2.13 bits per heavy atom. The number of hydrogen-bond donors (Lipinski definition) is 2. The van der Waals surface area contributed by atoms with Gasteiger partial charge in [-0.3, -0.25) is 10.1 Å². The first kappa shape index (κ1) is 26.3. The zero-order valence-corrected chi connectivity index (χ0v) is 19.6. The Morgan fingerprint density at radius 2 is 1.65 bits per heavy atom. The van der Waals surface area contributed by atoms with Crippen LogP contribution in [0.4, 0.5) is 4.79 Å². The van der Waals surface area contributed by atoms with Crippen molar-refractivity contribution in [2.75, 3.05) is 13.1 Å². The topological polar surface area (TPSA) is 122 Å². The first-order chi connectivity index (χ1) is 14.3. The van der Waals surface area contributed by atoms with E-state index >= 15 is 0 Å². The molecule has 0 bridgehead atoms. The van der Waals surface area contributed by atoms with Gasteiger partial charge < -0.3 is 10.1 Å². The van der Waals surface area contributed by atoms with Crippen LogP contribution in [-0.2, 0) is 24.3 Å². The van der Waals surface area contributed by atoms with E-state index in [0.717, 1.165) is 6.08 Å². The summed E-state index contributed by atoms with van der Waals surface area (Å²) in [6.45, 7) is 10.9. The summed E-state index contributed by atoms with van der Waals surface area (Å²) in [7, 11) is -3.56. The minimum atomic E-state index is -3.56. The largest absolute Gasteiger partial charge is 0.449 e. The maximum absolute atomic E-state index is 12.5. The number of urea groups is 1. The van der Waals surface area contributed by atoms with Crippen molar-refractivity contribution in [2.45, 2.75) is 58.1 Å². The lowest BCUT2D eigenvalue weighted by Gasteiger charge is -2.21.